The highest BCUT2D eigenvalue weighted by Crippen LogP contribution is 2.29. The Balaban J connectivity index is 0.000000184. The van der Waals surface area contributed by atoms with Crippen molar-refractivity contribution in [1.82, 2.24) is 19.9 Å². The van der Waals surface area contributed by atoms with Gasteiger partial charge in [-0.15, -0.1) is 0 Å². The number of nitrogens with zero attached hydrogens (tertiary/aromatic N) is 5. The van der Waals surface area contributed by atoms with E-state index in [1.54, 1.807) is 80.7 Å². The zero-order valence-electron chi connectivity index (χ0n) is 33.3. The largest absolute Gasteiger partial charge is 0.497 e. The fourth-order valence-electron chi connectivity index (χ4n) is 5.88. The maximum atomic E-state index is 12.6. The lowest BCUT2D eigenvalue weighted by atomic mass is 10.1. The highest BCUT2D eigenvalue weighted by atomic mass is 16.5. The Kier molecular flexibility index (Phi) is 12.8. The molecule has 8 aromatic rings. The molecular formula is C47H39N9O5. The molecule has 61 heavy (non-hydrogen) atoms. The van der Waals surface area contributed by atoms with Crippen molar-refractivity contribution < 1.29 is 23.2 Å². The third-order valence-corrected chi connectivity index (χ3v) is 9.22. The molecule has 0 aliphatic carbocycles. The average molecular weight is 810 g/mol. The average Bonchev–Trinajstić information content (AvgIpc) is 3.97. The van der Waals surface area contributed by atoms with Crippen LogP contribution in [0.25, 0.3) is 22.6 Å². The SMILES string of the molecule is COc1ccc(CC(=O)Nc2ccc(C)c(Nc3ncc(-c4ccncc4)o3)c2)cc1.Cc1ccc(C(=O)Nc2ccc(C#N)cc2)cc1Nc1ncc(-c2cccnc2)o1. The van der Waals surface area contributed by atoms with Gasteiger partial charge in [0.15, 0.2) is 11.5 Å². The van der Waals surface area contributed by atoms with Crippen LogP contribution in [0.4, 0.5) is 34.8 Å². The number of aryl methyl sites for hydroxylation is 2. The minimum atomic E-state index is -0.258. The van der Waals surface area contributed by atoms with Crippen molar-refractivity contribution in [2.75, 3.05) is 28.4 Å². The summed E-state index contributed by atoms with van der Waals surface area (Å²) in [7, 11) is 1.61. The van der Waals surface area contributed by atoms with E-state index in [0.29, 0.717) is 51.7 Å². The second kappa shape index (κ2) is 19.2. The van der Waals surface area contributed by atoms with Gasteiger partial charge in [0.2, 0.25) is 5.91 Å². The molecule has 0 aliphatic heterocycles. The molecule has 4 aromatic heterocycles. The zero-order valence-corrected chi connectivity index (χ0v) is 33.3. The predicted octanol–water partition coefficient (Wildman–Crippen LogP) is 9.89. The molecule has 0 fully saturated rings. The van der Waals surface area contributed by atoms with Crippen LogP contribution >= 0.6 is 0 Å². The lowest BCUT2D eigenvalue weighted by Crippen LogP contribution is -2.14. The minimum absolute atomic E-state index is 0.101. The van der Waals surface area contributed by atoms with Gasteiger partial charge in [-0.25, -0.2) is 9.97 Å². The van der Waals surface area contributed by atoms with Crippen molar-refractivity contribution in [2.24, 2.45) is 0 Å². The molecule has 8 rings (SSSR count). The number of benzene rings is 4. The molecule has 302 valence electrons. The maximum absolute atomic E-state index is 12.6. The Morgan fingerprint density at radius 1 is 0.672 bits per heavy atom. The van der Waals surface area contributed by atoms with Gasteiger partial charge in [-0.2, -0.15) is 5.26 Å². The van der Waals surface area contributed by atoms with Crippen LogP contribution in [0, 0.1) is 25.2 Å². The van der Waals surface area contributed by atoms with Crippen molar-refractivity contribution in [3.8, 4) is 34.5 Å². The van der Waals surface area contributed by atoms with Crippen LogP contribution in [0.1, 0.15) is 32.6 Å². The Labute approximate surface area is 351 Å². The Morgan fingerprint density at radius 2 is 1.31 bits per heavy atom. The molecule has 0 spiro atoms. The van der Waals surface area contributed by atoms with Crippen LogP contribution in [0.3, 0.4) is 0 Å². The summed E-state index contributed by atoms with van der Waals surface area (Å²) in [5.74, 6) is 1.64. The van der Waals surface area contributed by atoms with Crippen molar-refractivity contribution in [1.29, 1.82) is 5.26 Å². The number of aromatic nitrogens is 4. The third-order valence-electron chi connectivity index (χ3n) is 9.22. The van der Waals surface area contributed by atoms with Crippen molar-refractivity contribution in [2.45, 2.75) is 20.3 Å². The quantitative estimate of drug-likeness (QED) is 0.0914. The van der Waals surface area contributed by atoms with Gasteiger partial charge in [-0.05, 0) is 115 Å². The molecule has 0 aliphatic rings. The Hall–Kier alpha value is -8.57. The summed E-state index contributed by atoms with van der Waals surface area (Å²) >= 11 is 0. The molecule has 4 aromatic carbocycles. The summed E-state index contributed by atoms with van der Waals surface area (Å²) in [5, 5.41) is 20.9. The smallest absolute Gasteiger partial charge is 0.299 e. The topological polar surface area (TPSA) is 193 Å². The van der Waals surface area contributed by atoms with Crippen molar-refractivity contribution in [3.63, 3.8) is 0 Å². The number of nitriles is 1. The van der Waals surface area contributed by atoms with E-state index in [4.69, 9.17) is 18.8 Å². The van der Waals surface area contributed by atoms with Gasteiger partial charge < -0.3 is 34.8 Å². The molecule has 0 saturated heterocycles. The molecule has 4 heterocycles. The Morgan fingerprint density at radius 3 is 1.95 bits per heavy atom. The van der Waals surface area contributed by atoms with E-state index in [-0.39, 0.29) is 18.2 Å². The first-order chi connectivity index (χ1) is 29.7. The van der Waals surface area contributed by atoms with E-state index in [1.807, 2.05) is 92.7 Å². The van der Waals surface area contributed by atoms with E-state index >= 15 is 0 Å². The number of rotatable bonds is 12. The molecular weight excluding hydrogens is 771 g/mol. The first-order valence-electron chi connectivity index (χ1n) is 18.9. The summed E-state index contributed by atoms with van der Waals surface area (Å²) in [6.45, 7) is 3.90. The highest BCUT2D eigenvalue weighted by molar-refractivity contribution is 6.05. The molecule has 0 saturated carbocycles. The summed E-state index contributed by atoms with van der Waals surface area (Å²) in [6.07, 6.45) is 10.3. The van der Waals surface area contributed by atoms with Crippen LogP contribution in [0.15, 0.2) is 155 Å². The maximum Gasteiger partial charge on any atom is 0.299 e. The number of amides is 2. The van der Waals surface area contributed by atoms with Gasteiger partial charge in [-0.1, -0.05) is 24.3 Å². The number of nitrogens with one attached hydrogen (secondary N) is 4. The molecule has 14 nitrogen and oxygen atoms in total. The first kappa shape index (κ1) is 40.6. The van der Waals surface area contributed by atoms with Gasteiger partial charge in [0.1, 0.15) is 5.75 Å². The van der Waals surface area contributed by atoms with Crippen molar-refractivity contribution in [3.05, 3.63) is 174 Å². The standard InChI is InChI=1S/C24H22N4O3.C23H17N5O2/c1-16-3-6-19(27-23(29)13-17-4-7-20(30-2)8-5-17)14-21(16)28-24-26-15-22(31-24)18-9-11-25-12-10-18;1-15-4-7-17(22(29)27-19-8-5-16(12-24)6-9-19)11-20(15)28-23-26-14-21(30-23)18-3-2-10-25-13-18/h3-12,14-15H,13H2,1-2H3,(H,26,28)(H,27,29);2-11,13-14H,1H3,(H,26,28)(H,27,29). The summed E-state index contributed by atoms with van der Waals surface area (Å²) < 4.78 is 16.7. The van der Waals surface area contributed by atoms with Crippen LogP contribution in [-0.2, 0) is 11.2 Å². The lowest BCUT2D eigenvalue weighted by molar-refractivity contribution is -0.115. The van der Waals surface area contributed by atoms with Crippen molar-refractivity contribution >= 4 is 46.6 Å². The second-order valence-corrected chi connectivity index (χ2v) is 13.6. The number of anilines is 6. The molecule has 0 radical (unpaired) electrons. The number of carbonyl (C=O) groups excluding carboxylic acids is 2. The number of ether oxygens (including phenoxy) is 1. The van der Waals surface area contributed by atoms with Gasteiger partial charge in [-0.3, -0.25) is 19.6 Å². The first-order valence-corrected chi connectivity index (χ1v) is 18.9. The minimum Gasteiger partial charge on any atom is -0.497 e. The fourth-order valence-corrected chi connectivity index (χ4v) is 5.88. The van der Waals surface area contributed by atoms with Crippen LogP contribution in [0.2, 0.25) is 0 Å². The van der Waals surface area contributed by atoms with E-state index in [2.05, 4.69) is 41.2 Å². The second-order valence-electron chi connectivity index (χ2n) is 13.6. The molecule has 0 unspecified atom stereocenters. The predicted molar refractivity (Wildman–Crippen MR) is 233 cm³/mol. The molecule has 2 amide bonds. The van der Waals surface area contributed by atoms with E-state index < -0.39 is 0 Å². The lowest BCUT2D eigenvalue weighted by Gasteiger charge is -2.11. The Bertz CT molecular complexity index is 2780. The zero-order chi connectivity index (χ0) is 42.6. The van der Waals surface area contributed by atoms with Crippen LogP contribution in [0.5, 0.6) is 5.75 Å². The van der Waals surface area contributed by atoms with E-state index in [1.165, 1.54) is 0 Å². The van der Waals surface area contributed by atoms with Gasteiger partial charge in [0, 0.05) is 64.2 Å². The highest BCUT2D eigenvalue weighted by Gasteiger charge is 2.13. The number of methoxy groups -OCH3 is 1. The summed E-state index contributed by atoms with van der Waals surface area (Å²) in [6, 6.07) is 35.3. The fraction of sp³-hybridized carbons (Fsp3) is 0.0851. The normalized spacial score (nSPS) is 10.4. The van der Waals surface area contributed by atoms with E-state index in [9.17, 15) is 9.59 Å². The van der Waals surface area contributed by atoms with Crippen LogP contribution < -0.4 is 26.0 Å². The summed E-state index contributed by atoms with van der Waals surface area (Å²) in [4.78, 5) is 41.7. The van der Waals surface area contributed by atoms with E-state index in [0.717, 1.165) is 39.3 Å². The van der Waals surface area contributed by atoms with Crippen LogP contribution in [-0.4, -0.2) is 38.9 Å². The van der Waals surface area contributed by atoms with Gasteiger partial charge in [0.25, 0.3) is 17.9 Å². The number of carbonyl (C=O) groups is 2. The third kappa shape index (κ3) is 10.9. The number of hydrogen-bond donors (Lipinski definition) is 4. The molecule has 0 bridgehead atoms. The number of oxazole rings is 2. The number of hydrogen-bond acceptors (Lipinski definition) is 12. The van der Waals surface area contributed by atoms with Gasteiger partial charge >= 0.3 is 0 Å². The van der Waals surface area contributed by atoms with Gasteiger partial charge in [0.05, 0.1) is 37.6 Å². The monoisotopic (exact) mass is 809 g/mol. The molecule has 14 heteroatoms. The molecule has 4 N–H and O–H groups in total. The summed E-state index contributed by atoms with van der Waals surface area (Å²) in [5.41, 5.74) is 8.38. The molecule has 0 atom stereocenters. The number of pyridine rings is 2.